The van der Waals surface area contributed by atoms with Crippen LogP contribution in [0.25, 0.3) is 5.69 Å². The van der Waals surface area contributed by atoms with Crippen molar-refractivity contribution in [1.29, 1.82) is 10.5 Å². The van der Waals surface area contributed by atoms with Crippen LogP contribution < -0.4 is 5.32 Å². The topological polar surface area (TPSA) is 77.4 Å². The molecule has 100 valence electrons. The van der Waals surface area contributed by atoms with Crippen molar-refractivity contribution in [3.05, 3.63) is 47.5 Å². The predicted molar refractivity (Wildman–Crippen MR) is 75.0 cm³/mol. The summed E-state index contributed by atoms with van der Waals surface area (Å²) in [4.78, 5) is 3.95. The first-order valence-corrected chi connectivity index (χ1v) is 6.36. The van der Waals surface area contributed by atoms with Gasteiger partial charge >= 0.3 is 0 Å². The lowest BCUT2D eigenvalue weighted by molar-refractivity contribution is 0.589. The number of imidazole rings is 1. The van der Waals surface area contributed by atoms with Gasteiger partial charge in [-0.05, 0) is 17.7 Å². The minimum absolute atomic E-state index is 0.273. The van der Waals surface area contributed by atoms with E-state index >= 15 is 0 Å². The lowest BCUT2D eigenvalue weighted by Gasteiger charge is -2.11. The molecule has 20 heavy (non-hydrogen) atoms. The first kappa shape index (κ1) is 13.8. The Kier molecular flexibility index (Phi) is 4.14. The molecule has 0 amide bonds. The third-order valence-electron chi connectivity index (χ3n) is 2.90. The summed E-state index contributed by atoms with van der Waals surface area (Å²) in [6, 6.07) is 10.2. The highest BCUT2D eigenvalue weighted by atomic mass is 15.1. The number of nitrogens with one attached hydrogen (secondary N) is 1. The Labute approximate surface area is 118 Å². The summed E-state index contributed by atoms with van der Waals surface area (Å²) in [6.45, 7) is 4.86. The number of aromatic nitrogens is 2. The molecule has 1 heterocycles. The van der Waals surface area contributed by atoms with E-state index in [0.29, 0.717) is 23.8 Å². The quantitative estimate of drug-likeness (QED) is 0.918. The van der Waals surface area contributed by atoms with E-state index in [1.807, 2.05) is 24.3 Å². The van der Waals surface area contributed by atoms with Gasteiger partial charge in [0.25, 0.3) is 0 Å². The molecule has 0 aliphatic heterocycles. The number of nitriles is 2. The van der Waals surface area contributed by atoms with Gasteiger partial charge in [0, 0.05) is 25.0 Å². The van der Waals surface area contributed by atoms with Gasteiger partial charge in [0.1, 0.15) is 12.1 Å². The molecule has 0 aliphatic carbocycles. The van der Waals surface area contributed by atoms with Crippen molar-refractivity contribution in [2.75, 3.05) is 0 Å². The first-order chi connectivity index (χ1) is 9.65. The Hall–Kier alpha value is -2.63. The van der Waals surface area contributed by atoms with Gasteiger partial charge in [0.05, 0.1) is 11.3 Å². The van der Waals surface area contributed by atoms with Gasteiger partial charge in [-0.15, -0.1) is 0 Å². The highest BCUT2D eigenvalue weighted by Crippen LogP contribution is 2.17. The Morgan fingerprint density at radius 1 is 1.30 bits per heavy atom. The summed E-state index contributed by atoms with van der Waals surface area (Å²) in [5.74, 6) is 0.273. The molecular weight excluding hydrogens is 250 g/mol. The molecule has 0 fully saturated rings. The zero-order chi connectivity index (χ0) is 14.5. The summed E-state index contributed by atoms with van der Waals surface area (Å²) in [7, 11) is 0. The minimum atomic E-state index is 0.273. The van der Waals surface area contributed by atoms with E-state index in [1.165, 1.54) is 0 Å². The molecule has 5 heteroatoms. The van der Waals surface area contributed by atoms with Crippen LogP contribution in [0.2, 0.25) is 0 Å². The average molecular weight is 265 g/mol. The zero-order valence-electron chi connectivity index (χ0n) is 11.5. The fraction of sp³-hybridized carbons (Fsp3) is 0.267. The minimum Gasteiger partial charge on any atom is -0.310 e. The van der Waals surface area contributed by atoms with Crippen molar-refractivity contribution in [2.24, 2.45) is 0 Å². The highest BCUT2D eigenvalue weighted by Gasteiger charge is 2.09. The summed E-state index contributed by atoms with van der Waals surface area (Å²) >= 11 is 0. The molecule has 5 nitrogen and oxygen atoms in total. The van der Waals surface area contributed by atoms with Gasteiger partial charge in [-0.1, -0.05) is 19.9 Å². The molecule has 2 rings (SSSR count). The maximum absolute atomic E-state index is 9.30. The van der Waals surface area contributed by atoms with Crippen LogP contribution >= 0.6 is 0 Å². The molecule has 2 aromatic rings. The van der Waals surface area contributed by atoms with E-state index in [4.69, 9.17) is 5.26 Å². The van der Waals surface area contributed by atoms with Crippen molar-refractivity contribution in [3.63, 3.8) is 0 Å². The van der Waals surface area contributed by atoms with E-state index in [0.717, 1.165) is 5.56 Å². The monoisotopic (exact) mass is 265 g/mol. The van der Waals surface area contributed by atoms with Crippen LogP contribution in [0.4, 0.5) is 0 Å². The first-order valence-electron chi connectivity index (χ1n) is 6.36. The molecular formula is C15H15N5. The molecule has 0 unspecified atom stereocenters. The van der Waals surface area contributed by atoms with Crippen LogP contribution in [0.5, 0.6) is 0 Å². The summed E-state index contributed by atoms with van der Waals surface area (Å²) in [5, 5.41) is 21.6. The number of hydrogen-bond acceptors (Lipinski definition) is 4. The van der Waals surface area contributed by atoms with E-state index in [2.05, 4.69) is 30.2 Å². The van der Waals surface area contributed by atoms with Gasteiger partial charge in [0.2, 0.25) is 5.82 Å². The average Bonchev–Trinajstić information content (AvgIpc) is 2.92. The second kappa shape index (κ2) is 6.01. The van der Waals surface area contributed by atoms with Gasteiger partial charge < -0.3 is 5.32 Å². The summed E-state index contributed by atoms with van der Waals surface area (Å²) in [6.07, 6.45) is 3.23. The predicted octanol–water partition coefficient (Wildman–Crippen LogP) is 2.11. The van der Waals surface area contributed by atoms with E-state index < -0.39 is 0 Å². The third-order valence-corrected chi connectivity index (χ3v) is 2.90. The van der Waals surface area contributed by atoms with Gasteiger partial charge in [-0.25, -0.2) is 4.98 Å². The molecule has 0 saturated heterocycles. The SMILES string of the molecule is CC(C)NCc1ccc(-n2ccnc2C#N)c(C#N)c1. The Balaban J connectivity index is 2.37. The van der Waals surface area contributed by atoms with E-state index in [-0.39, 0.29) is 5.82 Å². The number of benzene rings is 1. The number of nitrogens with zero attached hydrogens (tertiary/aromatic N) is 4. The molecule has 0 aliphatic rings. The van der Waals surface area contributed by atoms with Crippen molar-refractivity contribution in [3.8, 4) is 17.8 Å². The maximum Gasteiger partial charge on any atom is 0.217 e. The summed E-state index contributed by atoms with van der Waals surface area (Å²) in [5.41, 5.74) is 2.25. The molecule has 1 aromatic carbocycles. The maximum atomic E-state index is 9.30. The van der Waals surface area contributed by atoms with Crippen molar-refractivity contribution in [2.45, 2.75) is 26.4 Å². The van der Waals surface area contributed by atoms with Crippen molar-refractivity contribution >= 4 is 0 Å². The molecule has 0 spiro atoms. The molecule has 1 aromatic heterocycles. The van der Waals surface area contributed by atoms with Gasteiger partial charge in [-0.2, -0.15) is 10.5 Å². The lowest BCUT2D eigenvalue weighted by Crippen LogP contribution is -2.21. The molecule has 0 atom stereocenters. The van der Waals surface area contributed by atoms with Crippen LogP contribution in [0, 0.1) is 22.7 Å². The molecule has 0 bridgehead atoms. The zero-order valence-corrected chi connectivity index (χ0v) is 11.5. The lowest BCUT2D eigenvalue weighted by atomic mass is 10.1. The fourth-order valence-electron chi connectivity index (χ4n) is 1.90. The number of hydrogen-bond donors (Lipinski definition) is 1. The smallest absolute Gasteiger partial charge is 0.217 e. The van der Waals surface area contributed by atoms with E-state index in [1.54, 1.807) is 17.0 Å². The van der Waals surface area contributed by atoms with Crippen LogP contribution in [-0.2, 0) is 6.54 Å². The van der Waals surface area contributed by atoms with Crippen LogP contribution in [0.3, 0.4) is 0 Å². The Morgan fingerprint density at radius 3 is 2.75 bits per heavy atom. The van der Waals surface area contributed by atoms with Gasteiger partial charge in [0.15, 0.2) is 0 Å². The van der Waals surface area contributed by atoms with Gasteiger partial charge in [-0.3, -0.25) is 4.57 Å². The standard InChI is InChI=1S/C15H15N5/c1-11(2)19-10-12-3-4-14(13(7-12)8-16)20-6-5-18-15(20)9-17/h3-7,11,19H,10H2,1-2H3. The Morgan fingerprint density at radius 2 is 2.10 bits per heavy atom. The molecule has 0 saturated carbocycles. The van der Waals surface area contributed by atoms with Crippen LogP contribution in [0.1, 0.15) is 30.8 Å². The van der Waals surface area contributed by atoms with Crippen LogP contribution in [-0.4, -0.2) is 15.6 Å². The van der Waals surface area contributed by atoms with E-state index in [9.17, 15) is 5.26 Å². The highest BCUT2D eigenvalue weighted by molar-refractivity contribution is 5.52. The van der Waals surface area contributed by atoms with Crippen molar-refractivity contribution < 1.29 is 0 Å². The molecule has 1 N–H and O–H groups in total. The van der Waals surface area contributed by atoms with Crippen molar-refractivity contribution in [1.82, 2.24) is 14.9 Å². The second-order valence-corrected chi connectivity index (χ2v) is 4.73. The number of rotatable bonds is 4. The molecule has 0 radical (unpaired) electrons. The summed E-state index contributed by atoms with van der Waals surface area (Å²) < 4.78 is 1.62. The van der Waals surface area contributed by atoms with Crippen LogP contribution in [0.15, 0.2) is 30.6 Å². The Bertz CT molecular complexity index is 685. The fourth-order valence-corrected chi connectivity index (χ4v) is 1.90. The second-order valence-electron chi connectivity index (χ2n) is 4.73. The third kappa shape index (κ3) is 2.85. The largest absolute Gasteiger partial charge is 0.310 e. The normalized spacial score (nSPS) is 10.2.